The molecule has 1 aromatic heterocycles. The molecule has 13 aromatic rings. The lowest BCUT2D eigenvalue weighted by Crippen LogP contribution is -2.28. The molecule has 4 heteroatoms. The first-order valence-electron chi connectivity index (χ1n) is 26.8. The average Bonchev–Trinajstić information content (AvgIpc) is 3.48. The molecular weight excluding hydrogens is 1200 g/mol. The van der Waals surface area contributed by atoms with E-state index in [1.807, 2.05) is 0 Å². The Morgan fingerprint density at radius 2 is 0.722 bits per heavy atom. The molecule has 0 N–H and O–H groups in total. The largest absolute Gasteiger partial charge is 0.309 e. The predicted octanol–water partition coefficient (Wildman–Crippen LogP) is 20.6. The predicted molar refractivity (Wildman–Crippen MR) is 345 cm³/mol. The maximum Gasteiger partial charge on any atom is 0.0714 e. The molecule has 3 aliphatic rings. The van der Waals surface area contributed by atoms with Gasteiger partial charge in [-0.15, -0.1) is 0 Å². The van der Waals surface area contributed by atoms with Crippen LogP contribution in [0.3, 0.4) is 0 Å². The highest BCUT2D eigenvalue weighted by Crippen LogP contribution is 2.58. The van der Waals surface area contributed by atoms with Gasteiger partial charge >= 0.3 is 0 Å². The van der Waals surface area contributed by atoms with Crippen LogP contribution in [-0.2, 0) is 17.3 Å². The third-order valence-corrected chi connectivity index (χ3v) is 18.2. The molecule has 0 bridgehead atoms. The van der Waals surface area contributed by atoms with Crippen molar-refractivity contribution in [3.63, 3.8) is 0 Å². The molecule has 0 saturated heterocycles. The minimum atomic E-state index is -0.413. The summed E-state index contributed by atoms with van der Waals surface area (Å²) >= 11 is 9.67. The molecule has 79 heavy (non-hydrogen) atoms. The fourth-order valence-corrected chi connectivity index (χ4v) is 14.6. The van der Waals surface area contributed by atoms with Gasteiger partial charge in [-0.05, 0) is 173 Å². The van der Waals surface area contributed by atoms with Gasteiger partial charge in [0.15, 0.2) is 0 Å². The molecule has 0 amide bonds. The molecule has 16 rings (SSSR count). The first kappa shape index (κ1) is 49.4. The van der Waals surface area contributed by atoms with E-state index in [9.17, 15) is 0 Å². The van der Waals surface area contributed by atoms with E-state index in [0.717, 1.165) is 10.9 Å². The molecule has 0 saturated carbocycles. The van der Waals surface area contributed by atoms with Crippen LogP contribution >= 0.6 is 54.5 Å². The van der Waals surface area contributed by atoms with Gasteiger partial charge in [0.1, 0.15) is 0 Å². The molecule has 0 fully saturated rings. The smallest absolute Gasteiger partial charge is 0.0714 e. The summed E-state index contributed by atoms with van der Waals surface area (Å²) in [5.41, 5.74) is 24.4. The zero-order chi connectivity index (χ0) is 53.1. The summed E-state index contributed by atoms with van der Waals surface area (Å²) in [4.78, 5) is 0. The number of aromatic nitrogens is 1. The second-order valence-corrected chi connectivity index (χ2v) is 23.7. The second kappa shape index (κ2) is 20.4. The summed E-state index contributed by atoms with van der Waals surface area (Å²) in [6, 6.07) is 106. The molecular formula is C75H50Br2IN. The van der Waals surface area contributed by atoms with Gasteiger partial charge in [-0.2, -0.15) is 0 Å². The summed E-state index contributed by atoms with van der Waals surface area (Å²) in [5, 5.41) is 2.52. The Bertz CT molecular complexity index is 4350. The highest BCUT2D eigenvalue weighted by molar-refractivity contribution is 14.1. The summed E-state index contributed by atoms with van der Waals surface area (Å²) in [6.07, 6.45) is 1.07. The van der Waals surface area contributed by atoms with Crippen molar-refractivity contribution in [1.29, 1.82) is 0 Å². The number of halogens is 3. The molecule has 0 unspecified atom stereocenters. The lowest BCUT2D eigenvalue weighted by atomic mass is 9.67. The maximum atomic E-state index is 3.73. The Hall–Kier alpha value is -7.87. The van der Waals surface area contributed by atoms with Crippen molar-refractivity contribution < 1.29 is 0 Å². The summed E-state index contributed by atoms with van der Waals surface area (Å²) in [6.45, 7) is 0. The first-order valence-corrected chi connectivity index (χ1v) is 29.5. The minimum absolute atomic E-state index is 0.268. The van der Waals surface area contributed by atoms with E-state index in [-0.39, 0.29) is 5.41 Å². The van der Waals surface area contributed by atoms with Crippen LogP contribution in [0, 0.1) is 3.57 Å². The Kier molecular flexibility index (Phi) is 12.8. The van der Waals surface area contributed by atoms with Crippen LogP contribution in [0.25, 0.3) is 60.9 Å². The highest BCUT2D eigenvalue weighted by atomic mass is 127. The summed E-state index contributed by atoms with van der Waals surface area (Å²) < 4.78 is 5.93. The standard InChI is InChI=1S/C37H24BrN.C25H17I.C13H9Br/c38-27-19-21-32-31-16-8-10-18-35(31)39(36(32)23-27)28-20-22-30-29-15-7-9-17-33(29)37(34(30)24-28,25-11-3-1-4-12-25)26-13-5-2-6-14-26;26-20-15-16-22-21-13-7-8-14-23(21)25(24(22)17-20,18-9-3-1-4-10-18)19-11-5-2-6-12-19;14-11-5-6-13-10(8-11)7-9-3-1-2-4-12(9)13/h1-24H;1-17H;1-6,8H,7H2. The number of fused-ring (bicyclic) bond motifs is 12. The van der Waals surface area contributed by atoms with Gasteiger partial charge in [0.2, 0.25) is 0 Å². The molecule has 0 spiro atoms. The van der Waals surface area contributed by atoms with Gasteiger partial charge in [-0.1, -0.05) is 268 Å². The van der Waals surface area contributed by atoms with Crippen LogP contribution in [0.2, 0.25) is 0 Å². The van der Waals surface area contributed by atoms with Gasteiger partial charge < -0.3 is 4.57 Å². The summed E-state index contributed by atoms with van der Waals surface area (Å²) in [5.74, 6) is 0. The third-order valence-electron chi connectivity index (χ3n) is 16.5. The SMILES string of the molecule is Brc1ccc2c(c1)Cc1ccccc1-2.Brc1ccc2c3ccccc3n(-c3ccc4c(c3)C(c3ccccc3)(c3ccccc3)c3ccccc3-4)c2c1.Ic1ccc2c(c1)C(c1ccccc1)(c1ccccc1)c1ccccc1-2. The average molecular weight is 1250 g/mol. The zero-order valence-electron chi connectivity index (χ0n) is 43.0. The first-order chi connectivity index (χ1) is 38.9. The Balaban J connectivity index is 0.000000120. The molecule has 0 radical (unpaired) electrons. The fourth-order valence-electron chi connectivity index (χ4n) is 13.3. The molecule has 0 atom stereocenters. The van der Waals surface area contributed by atoms with Gasteiger partial charge in [-0.3, -0.25) is 0 Å². The molecule has 1 heterocycles. The second-order valence-electron chi connectivity index (χ2n) is 20.6. The Morgan fingerprint density at radius 1 is 0.304 bits per heavy atom. The van der Waals surface area contributed by atoms with E-state index in [2.05, 4.69) is 350 Å². The molecule has 376 valence electrons. The zero-order valence-corrected chi connectivity index (χ0v) is 48.3. The fraction of sp³-hybridized carbons (Fsp3) is 0.0400. The van der Waals surface area contributed by atoms with Crippen molar-refractivity contribution in [2.24, 2.45) is 0 Å². The van der Waals surface area contributed by atoms with Crippen LogP contribution < -0.4 is 0 Å². The van der Waals surface area contributed by atoms with E-state index in [4.69, 9.17) is 0 Å². The summed E-state index contributed by atoms with van der Waals surface area (Å²) in [7, 11) is 0. The third kappa shape index (κ3) is 8.13. The van der Waals surface area contributed by atoms with Crippen molar-refractivity contribution in [3.8, 4) is 39.1 Å². The molecule has 12 aromatic carbocycles. The monoisotopic (exact) mass is 1250 g/mol. The van der Waals surface area contributed by atoms with Crippen molar-refractivity contribution in [2.45, 2.75) is 17.3 Å². The van der Waals surface area contributed by atoms with Crippen molar-refractivity contribution in [2.75, 3.05) is 0 Å². The Morgan fingerprint density at radius 3 is 1.32 bits per heavy atom. The van der Waals surface area contributed by atoms with E-state index >= 15 is 0 Å². The minimum Gasteiger partial charge on any atom is -0.309 e. The Labute approximate surface area is 492 Å². The van der Waals surface area contributed by atoms with Crippen LogP contribution in [0.1, 0.15) is 55.6 Å². The van der Waals surface area contributed by atoms with E-state index < -0.39 is 5.41 Å². The van der Waals surface area contributed by atoms with Crippen LogP contribution in [-0.4, -0.2) is 4.57 Å². The van der Waals surface area contributed by atoms with Crippen molar-refractivity contribution in [1.82, 2.24) is 4.57 Å². The van der Waals surface area contributed by atoms with Crippen molar-refractivity contribution >= 4 is 76.3 Å². The highest BCUT2D eigenvalue weighted by Gasteiger charge is 2.47. The van der Waals surface area contributed by atoms with Gasteiger partial charge in [-0.25, -0.2) is 0 Å². The number of hydrogen-bond donors (Lipinski definition) is 0. The number of nitrogens with zero attached hydrogens (tertiary/aromatic N) is 1. The maximum absolute atomic E-state index is 3.73. The van der Waals surface area contributed by atoms with Gasteiger partial charge in [0.05, 0.1) is 21.9 Å². The van der Waals surface area contributed by atoms with Crippen molar-refractivity contribution in [3.05, 3.63) is 359 Å². The number of hydrogen-bond acceptors (Lipinski definition) is 0. The lowest BCUT2D eigenvalue weighted by Gasteiger charge is -2.34. The van der Waals surface area contributed by atoms with E-state index in [0.29, 0.717) is 0 Å². The normalized spacial score (nSPS) is 13.4. The topological polar surface area (TPSA) is 4.93 Å². The number of para-hydroxylation sites is 1. The van der Waals surface area contributed by atoms with Crippen LogP contribution in [0.5, 0.6) is 0 Å². The molecule has 0 aliphatic heterocycles. The van der Waals surface area contributed by atoms with Crippen LogP contribution in [0.4, 0.5) is 0 Å². The van der Waals surface area contributed by atoms with Gasteiger partial charge in [0, 0.05) is 29.0 Å². The van der Waals surface area contributed by atoms with Gasteiger partial charge in [0.25, 0.3) is 0 Å². The van der Waals surface area contributed by atoms with E-state index in [1.165, 1.54) is 125 Å². The molecule has 1 nitrogen and oxygen atoms in total. The number of benzene rings is 12. The quantitative estimate of drug-likeness (QED) is 0.151. The molecule has 3 aliphatic carbocycles. The lowest BCUT2D eigenvalue weighted by molar-refractivity contribution is 0.767. The van der Waals surface area contributed by atoms with Crippen LogP contribution in [0.15, 0.2) is 300 Å². The number of rotatable bonds is 5. The van der Waals surface area contributed by atoms with E-state index in [1.54, 1.807) is 0 Å².